The lowest BCUT2D eigenvalue weighted by Gasteiger charge is -2.06. The van der Waals surface area contributed by atoms with E-state index >= 15 is 0 Å². The largest absolute Gasteiger partial charge is 0.508 e. The van der Waals surface area contributed by atoms with Crippen molar-refractivity contribution in [2.45, 2.75) is 12.8 Å². The third-order valence-corrected chi connectivity index (χ3v) is 5.55. The summed E-state index contributed by atoms with van der Waals surface area (Å²) in [6.07, 6.45) is 5.99. The summed E-state index contributed by atoms with van der Waals surface area (Å²) < 4.78 is 1.94. The van der Waals surface area contributed by atoms with Crippen molar-refractivity contribution in [3.05, 3.63) is 96.6 Å². The van der Waals surface area contributed by atoms with E-state index in [1.807, 2.05) is 59.3 Å². The number of amides is 1. The highest BCUT2D eigenvalue weighted by molar-refractivity contribution is 5.90. The lowest BCUT2D eigenvalue weighted by atomic mass is 10.1. The molecule has 9 nitrogen and oxygen atoms in total. The van der Waals surface area contributed by atoms with Crippen LogP contribution in [0.4, 0.5) is 11.6 Å². The summed E-state index contributed by atoms with van der Waals surface area (Å²) in [6, 6.07) is 20.4. The van der Waals surface area contributed by atoms with Crippen molar-refractivity contribution in [2.75, 3.05) is 11.9 Å². The molecule has 0 fully saturated rings. The highest BCUT2D eigenvalue weighted by Gasteiger charge is 2.14. The van der Waals surface area contributed by atoms with Gasteiger partial charge in [-0.2, -0.15) is 0 Å². The van der Waals surface area contributed by atoms with E-state index in [0.29, 0.717) is 30.4 Å². The number of anilines is 2. The van der Waals surface area contributed by atoms with Gasteiger partial charge in [-0.25, -0.2) is 9.97 Å². The first-order valence-electron chi connectivity index (χ1n) is 11.2. The van der Waals surface area contributed by atoms with Gasteiger partial charge in [0.1, 0.15) is 17.9 Å². The second-order valence-corrected chi connectivity index (χ2v) is 7.98. The predicted molar refractivity (Wildman–Crippen MR) is 133 cm³/mol. The number of nitrogens with zero attached hydrogens (tertiary/aromatic N) is 5. The van der Waals surface area contributed by atoms with Gasteiger partial charge in [-0.05, 0) is 53.9 Å². The molecule has 0 aliphatic heterocycles. The summed E-state index contributed by atoms with van der Waals surface area (Å²) in [6.45, 7) is 0.522. The molecule has 0 aliphatic carbocycles. The van der Waals surface area contributed by atoms with Crippen LogP contribution in [-0.4, -0.2) is 42.3 Å². The predicted octanol–water partition coefficient (Wildman–Crippen LogP) is 3.56. The molecule has 0 radical (unpaired) electrons. The number of hydrogen-bond acceptors (Lipinski definition) is 7. The van der Waals surface area contributed by atoms with E-state index in [4.69, 9.17) is 0 Å². The lowest BCUT2D eigenvalue weighted by Crippen LogP contribution is -2.27. The molecule has 9 heteroatoms. The lowest BCUT2D eigenvalue weighted by molar-refractivity contribution is -0.120. The standard InChI is InChI=1S/C26H23N7O2/c34-20-7-5-18(6-8-20)11-14-28-26(35)15-19-16-33(22-4-2-1-3-21(19)22)25-10-9-24(31-32-25)30-23-12-13-27-17-29-23/h1-10,12-13,16-17,34H,11,14-15H2,(H,28,35)(H,27,29,30,31). The number of carbonyl (C=O) groups is 1. The first kappa shape index (κ1) is 22.0. The summed E-state index contributed by atoms with van der Waals surface area (Å²) in [5.41, 5.74) is 2.91. The van der Waals surface area contributed by atoms with Gasteiger partial charge < -0.3 is 15.7 Å². The molecule has 0 aliphatic rings. The zero-order chi connectivity index (χ0) is 24.0. The van der Waals surface area contributed by atoms with E-state index < -0.39 is 0 Å². The minimum Gasteiger partial charge on any atom is -0.508 e. The molecule has 3 heterocycles. The van der Waals surface area contributed by atoms with Gasteiger partial charge >= 0.3 is 0 Å². The Morgan fingerprint density at radius 2 is 1.80 bits per heavy atom. The molecule has 174 valence electrons. The first-order valence-corrected chi connectivity index (χ1v) is 11.2. The van der Waals surface area contributed by atoms with Crippen LogP contribution in [0.1, 0.15) is 11.1 Å². The molecule has 3 N–H and O–H groups in total. The maximum Gasteiger partial charge on any atom is 0.224 e. The van der Waals surface area contributed by atoms with Gasteiger partial charge in [-0.1, -0.05) is 30.3 Å². The normalized spacial score (nSPS) is 10.9. The van der Waals surface area contributed by atoms with Gasteiger partial charge in [0.2, 0.25) is 5.91 Å². The second kappa shape index (κ2) is 10.0. The molecule has 3 aromatic heterocycles. The highest BCUT2D eigenvalue weighted by atomic mass is 16.3. The molecular weight excluding hydrogens is 442 g/mol. The fraction of sp³-hybridized carbons (Fsp3) is 0.115. The Labute approximate surface area is 201 Å². The molecule has 35 heavy (non-hydrogen) atoms. The molecule has 5 rings (SSSR count). The van der Waals surface area contributed by atoms with E-state index in [1.54, 1.807) is 24.4 Å². The Morgan fingerprint density at radius 1 is 0.943 bits per heavy atom. The number of para-hydroxylation sites is 1. The van der Waals surface area contributed by atoms with Crippen LogP contribution in [-0.2, 0) is 17.6 Å². The summed E-state index contributed by atoms with van der Waals surface area (Å²) in [7, 11) is 0. The average Bonchev–Trinajstić information content (AvgIpc) is 3.25. The van der Waals surface area contributed by atoms with Gasteiger partial charge in [0.15, 0.2) is 11.6 Å². The Balaban J connectivity index is 1.29. The zero-order valence-corrected chi connectivity index (χ0v) is 18.8. The van der Waals surface area contributed by atoms with Crippen molar-refractivity contribution in [1.29, 1.82) is 0 Å². The SMILES string of the molecule is O=C(Cc1cn(-c2ccc(Nc3ccncn3)nn2)c2ccccc12)NCCc1ccc(O)cc1. The Kier molecular flexibility index (Phi) is 6.29. The number of rotatable bonds is 8. The van der Waals surface area contributed by atoms with Crippen molar-refractivity contribution in [3.63, 3.8) is 0 Å². The minimum absolute atomic E-state index is 0.0536. The quantitative estimate of drug-likeness (QED) is 0.321. The summed E-state index contributed by atoms with van der Waals surface area (Å²) in [4.78, 5) is 20.7. The van der Waals surface area contributed by atoms with Crippen LogP contribution in [0, 0.1) is 0 Å². The van der Waals surface area contributed by atoms with E-state index in [-0.39, 0.29) is 18.1 Å². The van der Waals surface area contributed by atoms with Gasteiger partial charge in [0, 0.05) is 24.3 Å². The molecule has 0 unspecified atom stereocenters. The van der Waals surface area contributed by atoms with Crippen molar-refractivity contribution in [2.24, 2.45) is 0 Å². The number of carbonyl (C=O) groups excluding carboxylic acids is 1. The van der Waals surface area contributed by atoms with Crippen molar-refractivity contribution < 1.29 is 9.90 Å². The highest BCUT2D eigenvalue weighted by Crippen LogP contribution is 2.25. The number of benzene rings is 2. The van der Waals surface area contributed by atoms with Crippen molar-refractivity contribution in [1.82, 2.24) is 30.0 Å². The first-order chi connectivity index (χ1) is 17.2. The van der Waals surface area contributed by atoms with Gasteiger partial charge in [0.25, 0.3) is 0 Å². The fourth-order valence-corrected chi connectivity index (χ4v) is 3.84. The van der Waals surface area contributed by atoms with Crippen molar-refractivity contribution >= 4 is 28.4 Å². The number of phenolic OH excluding ortho intramolecular Hbond substituents is 1. The number of hydrogen-bond donors (Lipinski definition) is 3. The molecule has 1 amide bonds. The van der Waals surface area contributed by atoms with Crippen LogP contribution in [0.15, 0.2) is 85.5 Å². The summed E-state index contributed by atoms with van der Waals surface area (Å²) in [5.74, 6) is 2.02. The molecule has 0 atom stereocenters. The number of aromatic nitrogens is 5. The fourth-order valence-electron chi connectivity index (χ4n) is 3.84. The minimum atomic E-state index is -0.0536. The summed E-state index contributed by atoms with van der Waals surface area (Å²) in [5, 5.41) is 25.1. The van der Waals surface area contributed by atoms with E-state index in [2.05, 4.69) is 30.8 Å². The third-order valence-electron chi connectivity index (χ3n) is 5.55. The van der Waals surface area contributed by atoms with Crippen LogP contribution in [0.3, 0.4) is 0 Å². The summed E-state index contributed by atoms with van der Waals surface area (Å²) >= 11 is 0. The zero-order valence-electron chi connectivity index (χ0n) is 18.8. The maximum atomic E-state index is 12.7. The van der Waals surface area contributed by atoms with Crippen LogP contribution < -0.4 is 10.6 Å². The molecule has 0 saturated carbocycles. The van der Waals surface area contributed by atoms with Gasteiger partial charge in [0.05, 0.1) is 11.9 Å². The van der Waals surface area contributed by atoms with Gasteiger partial charge in [-0.3, -0.25) is 9.36 Å². The average molecular weight is 466 g/mol. The Morgan fingerprint density at radius 3 is 2.57 bits per heavy atom. The monoisotopic (exact) mass is 465 g/mol. The number of nitrogens with one attached hydrogen (secondary N) is 2. The van der Waals surface area contributed by atoms with E-state index in [9.17, 15) is 9.90 Å². The molecular formula is C26H23N7O2. The van der Waals surface area contributed by atoms with E-state index in [1.165, 1.54) is 6.33 Å². The smallest absolute Gasteiger partial charge is 0.224 e. The topological polar surface area (TPSA) is 118 Å². The molecule has 0 bridgehead atoms. The number of phenols is 1. The van der Waals surface area contributed by atoms with E-state index in [0.717, 1.165) is 22.0 Å². The van der Waals surface area contributed by atoms with Gasteiger partial charge in [-0.15, -0.1) is 10.2 Å². The number of fused-ring (bicyclic) bond motifs is 1. The number of aromatic hydroxyl groups is 1. The Bertz CT molecular complexity index is 1430. The molecule has 2 aromatic carbocycles. The third kappa shape index (κ3) is 5.25. The molecule has 0 spiro atoms. The van der Waals surface area contributed by atoms with Crippen LogP contribution in [0.5, 0.6) is 5.75 Å². The van der Waals surface area contributed by atoms with Crippen LogP contribution >= 0.6 is 0 Å². The maximum absolute atomic E-state index is 12.7. The van der Waals surface area contributed by atoms with Crippen LogP contribution in [0.2, 0.25) is 0 Å². The Hall–Kier alpha value is -4.79. The second-order valence-electron chi connectivity index (χ2n) is 7.98. The van der Waals surface area contributed by atoms with Crippen LogP contribution in [0.25, 0.3) is 16.7 Å². The molecule has 0 saturated heterocycles. The molecule has 5 aromatic rings. The van der Waals surface area contributed by atoms with Crippen molar-refractivity contribution in [3.8, 4) is 11.6 Å².